The molecule has 1 aromatic carbocycles. The van der Waals surface area contributed by atoms with Crippen LogP contribution in [-0.2, 0) is 6.54 Å². The van der Waals surface area contributed by atoms with Gasteiger partial charge in [0.25, 0.3) is 0 Å². The van der Waals surface area contributed by atoms with E-state index in [1.807, 2.05) is 12.1 Å². The molecule has 0 bridgehead atoms. The number of hydrogen-bond donors (Lipinski definition) is 1. The largest absolute Gasteiger partial charge is 0.305 e. The summed E-state index contributed by atoms with van der Waals surface area (Å²) < 4.78 is 0. The molecule has 0 amide bonds. The summed E-state index contributed by atoms with van der Waals surface area (Å²) in [6, 6.07) is 14.9. The van der Waals surface area contributed by atoms with Crippen LogP contribution in [-0.4, -0.2) is 0 Å². The fourth-order valence-corrected chi connectivity index (χ4v) is 2.52. The van der Waals surface area contributed by atoms with E-state index in [0.717, 1.165) is 11.4 Å². The lowest BCUT2D eigenvalue weighted by Gasteiger charge is -2.13. The molecule has 2 aromatic rings. The topological polar surface area (TPSA) is 35.8 Å². The molecule has 1 heterocycles. The first kappa shape index (κ1) is 12.8. The van der Waals surface area contributed by atoms with E-state index < -0.39 is 0 Å². The van der Waals surface area contributed by atoms with Gasteiger partial charge in [-0.05, 0) is 31.5 Å². The molecule has 1 N–H and O–H groups in total. The van der Waals surface area contributed by atoms with E-state index in [0.29, 0.717) is 6.04 Å². The number of nitriles is 1. The van der Waals surface area contributed by atoms with Gasteiger partial charge in [0.1, 0.15) is 10.9 Å². The zero-order chi connectivity index (χ0) is 13.0. The Bertz CT molecular complexity index is 549. The van der Waals surface area contributed by atoms with Gasteiger partial charge in [0.2, 0.25) is 0 Å². The number of benzene rings is 1. The number of rotatable bonds is 4. The lowest BCUT2D eigenvalue weighted by atomic mass is 10.1. The first-order chi connectivity index (χ1) is 8.69. The Morgan fingerprint density at radius 3 is 2.56 bits per heavy atom. The molecule has 18 heavy (non-hydrogen) atoms. The summed E-state index contributed by atoms with van der Waals surface area (Å²) in [6.07, 6.45) is 0. The molecule has 0 unspecified atom stereocenters. The predicted octanol–water partition coefficient (Wildman–Crippen LogP) is 3.78. The zero-order valence-corrected chi connectivity index (χ0v) is 11.4. The zero-order valence-electron chi connectivity index (χ0n) is 10.6. The molecular formula is C15H16N2S. The van der Waals surface area contributed by atoms with Crippen molar-refractivity contribution in [3.05, 3.63) is 57.3 Å². The van der Waals surface area contributed by atoms with Crippen LogP contribution in [0.15, 0.2) is 36.4 Å². The highest BCUT2D eigenvalue weighted by atomic mass is 32.1. The molecule has 92 valence electrons. The summed E-state index contributed by atoms with van der Waals surface area (Å²) in [5.41, 5.74) is 2.57. The Hall–Kier alpha value is -1.63. The molecule has 1 atom stereocenters. The van der Waals surface area contributed by atoms with Crippen LogP contribution in [0.4, 0.5) is 0 Å². The van der Waals surface area contributed by atoms with Crippen LogP contribution in [0, 0.1) is 18.3 Å². The van der Waals surface area contributed by atoms with Crippen LogP contribution in [0.25, 0.3) is 0 Å². The number of nitrogens with zero attached hydrogens (tertiary/aromatic N) is 1. The molecule has 0 aliphatic heterocycles. The smallest absolute Gasteiger partial charge is 0.110 e. The first-order valence-electron chi connectivity index (χ1n) is 5.98. The van der Waals surface area contributed by atoms with E-state index in [1.54, 1.807) is 11.3 Å². The molecule has 2 rings (SSSR count). The maximum absolute atomic E-state index is 8.77. The summed E-state index contributed by atoms with van der Waals surface area (Å²) in [7, 11) is 0. The molecular weight excluding hydrogens is 240 g/mol. The average Bonchev–Trinajstić information content (AvgIpc) is 2.85. The summed E-state index contributed by atoms with van der Waals surface area (Å²) in [6.45, 7) is 5.06. The van der Waals surface area contributed by atoms with Crippen molar-refractivity contribution in [2.75, 3.05) is 0 Å². The van der Waals surface area contributed by atoms with Crippen molar-refractivity contribution in [1.82, 2.24) is 5.32 Å². The minimum atomic E-state index is 0.318. The van der Waals surface area contributed by atoms with Gasteiger partial charge in [-0.1, -0.05) is 29.8 Å². The van der Waals surface area contributed by atoms with Crippen LogP contribution < -0.4 is 5.32 Å². The van der Waals surface area contributed by atoms with E-state index in [4.69, 9.17) is 5.26 Å². The Balaban J connectivity index is 1.94. The van der Waals surface area contributed by atoms with E-state index >= 15 is 0 Å². The Labute approximate surface area is 112 Å². The maximum Gasteiger partial charge on any atom is 0.110 e. The van der Waals surface area contributed by atoms with Gasteiger partial charge >= 0.3 is 0 Å². The number of thiophene rings is 1. The highest BCUT2D eigenvalue weighted by Crippen LogP contribution is 2.18. The molecule has 1 aromatic heterocycles. The van der Waals surface area contributed by atoms with E-state index in [9.17, 15) is 0 Å². The van der Waals surface area contributed by atoms with Crippen molar-refractivity contribution in [1.29, 1.82) is 5.26 Å². The Kier molecular flexibility index (Phi) is 4.14. The van der Waals surface area contributed by atoms with Gasteiger partial charge in [0, 0.05) is 17.5 Å². The molecule has 0 spiro atoms. The molecule has 0 saturated carbocycles. The highest BCUT2D eigenvalue weighted by Gasteiger charge is 2.05. The number of aryl methyl sites for hydroxylation is 1. The molecule has 0 aliphatic carbocycles. The van der Waals surface area contributed by atoms with Crippen molar-refractivity contribution in [2.24, 2.45) is 0 Å². The number of nitrogens with one attached hydrogen (secondary N) is 1. The van der Waals surface area contributed by atoms with Crippen molar-refractivity contribution in [2.45, 2.75) is 26.4 Å². The van der Waals surface area contributed by atoms with Crippen molar-refractivity contribution >= 4 is 11.3 Å². The standard InChI is InChI=1S/C15H16N2S/c1-11-3-5-13(6-4-11)12(2)17-10-15-8-7-14(9-16)18-15/h3-8,12,17H,10H2,1-2H3/t12-/m1/s1. The second kappa shape index (κ2) is 5.81. The lowest BCUT2D eigenvalue weighted by molar-refractivity contribution is 0.579. The summed E-state index contributed by atoms with van der Waals surface area (Å²) >= 11 is 1.55. The van der Waals surface area contributed by atoms with Crippen molar-refractivity contribution in [3.8, 4) is 6.07 Å². The lowest BCUT2D eigenvalue weighted by Crippen LogP contribution is -2.17. The summed E-state index contributed by atoms with van der Waals surface area (Å²) in [5.74, 6) is 0. The summed E-state index contributed by atoms with van der Waals surface area (Å²) in [4.78, 5) is 1.97. The molecule has 2 nitrogen and oxygen atoms in total. The first-order valence-corrected chi connectivity index (χ1v) is 6.79. The monoisotopic (exact) mass is 256 g/mol. The number of hydrogen-bond acceptors (Lipinski definition) is 3. The van der Waals surface area contributed by atoms with Gasteiger partial charge in [0.05, 0.1) is 0 Å². The van der Waals surface area contributed by atoms with Crippen LogP contribution in [0.2, 0.25) is 0 Å². The second-order valence-corrected chi connectivity index (χ2v) is 5.56. The fourth-order valence-electron chi connectivity index (χ4n) is 1.76. The van der Waals surface area contributed by atoms with Crippen LogP contribution >= 0.6 is 11.3 Å². The third-order valence-electron chi connectivity index (χ3n) is 2.93. The Morgan fingerprint density at radius 2 is 1.94 bits per heavy atom. The Morgan fingerprint density at radius 1 is 1.22 bits per heavy atom. The molecule has 0 aliphatic rings. The minimum Gasteiger partial charge on any atom is -0.305 e. The fraction of sp³-hybridized carbons (Fsp3) is 0.267. The van der Waals surface area contributed by atoms with E-state index in [2.05, 4.69) is 49.5 Å². The van der Waals surface area contributed by atoms with Gasteiger partial charge in [0.15, 0.2) is 0 Å². The minimum absolute atomic E-state index is 0.318. The molecule has 3 heteroatoms. The molecule has 0 fully saturated rings. The van der Waals surface area contributed by atoms with Crippen molar-refractivity contribution in [3.63, 3.8) is 0 Å². The van der Waals surface area contributed by atoms with E-state index in [1.165, 1.54) is 16.0 Å². The molecule has 0 saturated heterocycles. The van der Waals surface area contributed by atoms with Gasteiger partial charge in [-0.25, -0.2) is 0 Å². The highest BCUT2D eigenvalue weighted by molar-refractivity contribution is 7.12. The third-order valence-corrected chi connectivity index (χ3v) is 3.92. The SMILES string of the molecule is Cc1ccc([C@@H](C)NCc2ccc(C#N)s2)cc1. The normalized spacial score (nSPS) is 12.1. The van der Waals surface area contributed by atoms with E-state index in [-0.39, 0.29) is 0 Å². The predicted molar refractivity (Wildman–Crippen MR) is 75.5 cm³/mol. The van der Waals surface area contributed by atoms with Gasteiger partial charge in [-0.2, -0.15) is 5.26 Å². The third kappa shape index (κ3) is 3.19. The summed E-state index contributed by atoms with van der Waals surface area (Å²) in [5, 5.41) is 12.2. The van der Waals surface area contributed by atoms with Crippen LogP contribution in [0.5, 0.6) is 0 Å². The van der Waals surface area contributed by atoms with Crippen LogP contribution in [0.1, 0.15) is 33.8 Å². The maximum atomic E-state index is 8.77. The second-order valence-electron chi connectivity index (χ2n) is 4.39. The van der Waals surface area contributed by atoms with Gasteiger partial charge < -0.3 is 5.32 Å². The molecule has 0 radical (unpaired) electrons. The van der Waals surface area contributed by atoms with Gasteiger partial charge in [-0.15, -0.1) is 11.3 Å². The average molecular weight is 256 g/mol. The van der Waals surface area contributed by atoms with Crippen molar-refractivity contribution < 1.29 is 0 Å². The van der Waals surface area contributed by atoms with Crippen LogP contribution in [0.3, 0.4) is 0 Å². The quantitative estimate of drug-likeness (QED) is 0.903. The van der Waals surface area contributed by atoms with Gasteiger partial charge in [-0.3, -0.25) is 0 Å².